The number of anilines is 2. The predicted octanol–water partition coefficient (Wildman–Crippen LogP) is 9.73. The fourth-order valence-corrected chi connectivity index (χ4v) is 6.60. The number of fused-ring (bicyclic) bond motifs is 4. The van der Waals surface area contributed by atoms with Gasteiger partial charge in [0.1, 0.15) is 0 Å². The van der Waals surface area contributed by atoms with Gasteiger partial charge in [0, 0.05) is 39.7 Å². The van der Waals surface area contributed by atoms with Crippen LogP contribution in [0.4, 0.5) is 11.4 Å². The molecular formula is C41H29N5. The minimum absolute atomic E-state index is 0.713. The fourth-order valence-electron chi connectivity index (χ4n) is 6.60. The van der Waals surface area contributed by atoms with Crippen molar-refractivity contribution in [2.45, 2.75) is 6.54 Å². The van der Waals surface area contributed by atoms with Gasteiger partial charge in [0.2, 0.25) is 0 Å². The first-order valence-corrected chi connectivity index (χ1v) is 15.6. The van der Waals surface area contributed by atoms with E-state index in [0.717, 1.165) is 46.0 Å². The number of hydrogen-bond acceptors (Lipinski definition) is 4. The summed E-state index contributed by atoms with van der Waals surface area (Å²) in [6.45, 7) is 0.771. The second-order valence-corrected chi connectivity index (χ2v) is 11.6. The van der Waals surface area contributed by atoms with Crippen LogP contribution in [0.1, 0.15) is 5.56 Å². The number of benzene rings is 6. The summed E-state index contributed by atoms with van der Waals surface area (Å²) in [5, 5.41) is 4.65. The Balaban J connectivity index is 1.21. The number of aromatic nitrogens is 3. The Hall–Kier alpha value is -6.04. The highest BCUT2D eigenvalue weighted by Gasteiger charge is 2.24. The Morgan fingerprint density at radius 3 is 1.89 bits per heavy atom. The van der Waals surface area contributed by atoms with Gasteiger partial charge in [0.25, 0.3) is 0 Å². The molecule has 0 aliphatic carbocycles. The quantitative estimate of drug-likeness (QED) is 0.216. The molecule has 0 bridgehead atoms. The zero-order chi connectivity index (χ0) is 30.5. The highest BCUT2D eigenvalue weighted by molar-refractivity contribution is 6.11. The maximum atomic E-state index is 5.10. The minimum Gasteiger partial charge on any atom is -0.309 e. The molecule has 1 aliphatic heterocycles. The van der Waals surface area contributed by atoms with E-state index in [2.05, 4.69) is 136 Å². The van der Waals surface area contributed by atoms with Gasteiger partial charge in [-0.25, -0.2) is 15.4 Å². The topological polar surface area (TPSA) is 46.0 Å². The van der Waals surface area contributed by atoms with Crippen LogP contribution in [0.15, 0.2) is 158 Å². The van der Waals surface area contributed by atoms with Gasteiger partial charge in [-0.1, -0.05) is 109 Å². The fraction of sp³-hybridized carbons (Fsp3) is 0.0244. The van der Waals surface area contributed by atoms with Crippen LogP contribution in [0.5, 0.6) is 0 Å². The van der Waals surface area contributed by atoms with Crippen LogP contribution in [0.2, 0.25) is 0 Å². The first kappa shape index (κ1) is 26.4. The summed E-state index contributed by atoms with van der Waals surface area (Å²) >= 11 is 0. The van der Waals surface area contributed by atoms with Gasteiger partial charge in [0.05, 0.1) is 33.8 Å². The number of nitrogens with zero attached hydrogens (tertiary/aromatic N) is 4. The number of hydrogen-bond donors (Lipinski definition) is 1. The summed E-state index contributed by atoms with van der Waals surface area (Å²) in [7, 11) is 0. The maximum Gasteiger partial charge on any atom is 0.160 e. The Morgan fingerprint density at radius 1 is 0.478 bits per heavy atom. The zero-order valence-electron chi connectivity index (χ0n) is 25.0. The number of hydrazine groups is 1. The van der Waals surface area contributed by atoms with Crippen molar-refractivity contribution in [3.63, 3.8) is 0 Å². The smallest absolute Gasteiger partial charge is 0.160 e. The molecule has 1 aliphatic rings. The molecule has 0 fully saturated rings. The lowest BCUT2D eigenvalue weighted by Gasteiger charge is -2.19. The van der Waals surface area contributed by atoms with Gasteiger partial charge in [-0.15, -0.1) is 0 Å². The first-order chi connectivity index (χ1) is 22.8. The van der Waals surface area contributed by atoms with E-state index in [-0.39, 0.29) is 0 Å². The van der Waals surface area contributed by atoms with Crippen LogP contribution < -0.4 is 10.4 Å². The predicted molar refractivity (Wildman–Crippen MR) is 188 cm³/mol. The number of rotatable bonds is 5. The third kappa shape index (κ3) is 4.45. The Bertz CT molecular complexity index is 2310. The van der Waals surface area contributed by atoms with Crippen molar-refractivity contribution in [2.75, 3.05) is 5.01 Å². The SMILES string of the molecule is c1ccc(-c2cc(-c3cccc(-n4c5ccccc5c5cc6c(cc54)CNN6c4ccccc4)c3)nc(-c3ccccc3)n2)cc1. The summed E-state index contributed by atoms with van der Waals surface area (Å²) in [6, 6.07) is 55.2. The second-order valence-electron chi connectivity index (χ2n) is 11.6. The van der Waals surface area contributed by atoms with Gasteiger partial charge in [0.15, 0.2) is 5.82 Å². The lowest BCUT2D eigenvalue weighted by molar-refractivity contribution is 0.765. The van der Waals surface area contributed by atoms with Crippen molar-refractivity contribution in [2.24, 2.45) is 0 Å². The van der Waals surface area contributed by atoms with E-state index < -0.39 is 0 Å². The molecule has 0 radical (unpaired) electrons. The molecule has 5 nitrogen and oxygen atoms in total. The van der Waals surface area contributed by atoms with Crippen molar-refractivity contribution in [3.8, 4) is 39.6 Å². The number of para-hydroxylation sites is 2. The lowest BCUT2D eigenvalue weighted by atomic mass is 10.1. The summed E-state index contributed by atoms with van der Waals surface area (Å²) in [6.07, 6.45) is 0. The molecule has 218 valence electrons. The largest absolute Gasteiger partial charge is 0.309 e. The molecule has 3 heterocycles. The summed E-state index contributed by atoms with van der Waals surface area (Å²) < 4.78 is 2.39. The van der Waals surface area contributed by atoms with Crippen molar-refractivity contribution >= 4 is 33.2 Å². The molecule has 6 aromatic carbocycles. The van der Waals surface area contributed by atoms with Crippen LogP contribution in [-0.4, -0.2) is 14.5 Å². The molecule has 2 aromatic heterocycles. The molecule has 5 heteroatoms. The van der Waals surface area contributed by atoms with Crippen LogP contribution in [0.3, 0.4) is 0 Å². The molecule has 1 N–H and O–H groups in total. The third-order valence-electron chi connectivity index (χ3n) is 8.78. The van der Waals surface area contributed by atoms with Crippen molar-refractivity contribution in [1.29, 1.82) is 0 Å². The molecular weight excluding hydrogens is 562 g/mol. The average molecular weight is 592 g/mol. The lowest BCUT2D eigenvalue weighted by Crippen LogP contribution is -2.26. The highest BCUT2D eigenvalue weighted by Crippen LogP contribution is 2.40. The molecule has 9 rings (SSSR count). The average Bonchev–Trinajstić information content (AvgIpc) is 3.70. The van der Waals surface area contributed by atoms with Gasteiger partial charge in [-0.2, -0.15) is 0 Å². The minimum atomic E-state index is 0.713. The van der Waals surface area contributed by atoms with Crippen LogP contribution in [0, 0.1) is 0 Å². The summed E-state index contributed by atoms with van der Waals surface area (Å²) in [4.78, 5) is 10.1. The molecule has 0 spiro atoms. The molecule has 46 heavy (non-hydrogen) atoms. The molecule has 0 unspecified atom stereocenters. The molecule has 0 saturated heterocycles. The van der Waals surface area contributed by atoms with Gasteiger partial charge >= 0.3 is 0 Å². The van der Waals surface area contributed by atoms with E-state index in [1.54, 1.807) is 0 Å². The van der Waals surface area contributed by atoms with Crippen molar-refractivity contribution in [3.05, 3.63) is 163 Å². The van der Waals surface area contributed by atoms with Gasteiger partial charge in [-0.05, 0) is 54.1 Å². The van der Waals surface area contributed by atoms with E-state index >= 15 is 0 Å². The highest BCUT2D eigenvalue weighted by atomic mass is 15.5. The monoisotopic (exact) mass is 591 g/mol. The van der Waals surface area contributed by atoms with Gasteiger partial charge < -0.3 is 4.57 Å². The Labute approximate surface area is 267 Å². The van der Waals surface area contributed by atoms with E-state index in [0.29, 0.717) is 5.82 Å². The molecule has 0 saturated carbocycles. The van der Waals surface area contributed by atoms with Crippen LogP contribution >= 0.6 is 0 Å². The van der Waals surface area contributed by atoms with E-state index in [1.165, 1.54) is 33.1 Å². The Kier molecular flexibility index (Phi) is 6.21. The van der Waals surface area contributed by atoms with E-state index in [9.17, 15) is 0 Å². The summed E-state index contributed by atoms with van der Waals surface area (Å²) in [5.41, 5.74) is 15.5. The summed E-state index contributed by atoms with van der Waals surface area (Å²) in [5.74, 6) is 0.713. The zero-order valence-corrected chi connectivity index (χ0v) is 25.0. The molecule has 0 amide bonds. The van der Waals surface area contributed by atoms with E-state index in [1.807, 2.05) is 36.4 Å². The van der Waals surface area contributed by atoms with Crippen LogP contribution in [-0.2, 0) is 6.54 Å². The van der Waals surface area contributed by atoms with E-state index in [4.69, 9.17) is 9.97 Å². The van der Waals surface area contributed by atoms with Crippen molar-refractivity contribution in [1.82, 2.24) is 20.0 Å². The normalized spacial score (nSPS) is 12.6. The number of nitrogens with one attached hydrogen (secondary N) is 1. The van der Waals surface area contributed by atoms with Gasteiger partial charge in [-0.3, -0.25) is 5.01 Å². The second kappa shape index (κ2) is 10.8. The maximum absolute atomic E-state index is 5.10. The first-order valence-electron chi connectivity index (χ1n) is 15.6. The molecule has 8 aromatic rings. The van der Waals surface area contributed by atoms with Crippen molar-refractivity contribution < 1.29 is 0 Å². The molecule has 0 atom stereocenters. The third-order valence-corrected chi connectivity index (χ3v) is 8.78. The van der Waals surface area contributed by atoms with Crippen LogP contribution in [0.25, 0.3) is 61.4 Å². The standard InChI is InChI=1S/C41H29N5/c1-4-13-28(14-5-1)36-26-37(44-41(43-36)29-15-6-2-7-16-29)30-17-12-20-33(23-30)45-38-22-11-10-21-34(38)35-25-39-31(24-40(35)45)27-42-46(39)32-18-8-3-9-19-32/h1-26,42H,27H2. The Morgan fingerprint density at radius 2 is 1.11 bits per heavy atom.